The lowest BCUT2D eigenvalue weighted by Gasteiger charge is -2.22. The lowest BCUT2D eigenvalue weighted by molar-refractivity contribution is -0.146. The van der Waals surface area contributed by atoms with Gasteiger partial charge >= 0.3 is 17.7 Å². The number of hydrogen-bond donors (Lipinski definition) is 1. The van der Waals surface area contributed by atoms with Gasteiger partial charge in [-0.25, -0.2) is 9.78 Å². The van der Waals surface area contributed by atoms with Crippen molar-refractivity contribution >= 4 is 17.1 Å². The summed E-state index contributed by atoms with van der Waals surface area (Å²) in [6, 6.07) is 8.04. The smallest absolute Gasteiger partial charge is 0.328 e. The average molecular weight is 441 g/mol. The standard InChI is InChI=1S/C22H27N5O5/c1-30-10-11-32-21-23-12-17-19(25-21)27(22(29)24-17)14-16-7-5-15(6-8-16)13-26-9-3-4-18(26)20(28)31-2/h5-8,12,18H,3-4,9-11,13-14H2,1-2H3,(H,24,29)/t18-/m0/s1. The van der Waals surface area contributed by atoms with Crippen LogP contribution in [0.3, 0.4) is 0 Å². The van der Waals surface area contributed by atoms with Gasteiger partial charge in [-0.15, -0.1) is 0 Å². The van der Waals surface area contributed by atoms with E-state index in [1.54, 1.807) is 17.9 Å². The maximum atomic E-state index is 12.5. The van der Waals surface area contributed by atoms with Crippen LogP contribution in [0.4, 0.5) is 0 Å². The fourth-order valence-corrected chi connectivity index (χ4v) is 3.95. The molecule has 1 atom stereocenters. The molecule has 10 nitrogen and oxygen atoms in total. The Morgan fingerprint density at radius 2 is 1.91 bits per heavy atom. The summed E-state index contributed by atoms with van der Waals surface area (Å²) in [6.07, 6.45) is 3.35. The fraction of sp³-hybridized carbons (Fsp3) is 0.455. The molecular formula is C22H27N5O5. The molecule has 0 bridgehead atoms. The molecule has 1 saturated heterocycles. The van der Waals surface area contributed by atoms with E-state index in [2.05, 4.69) is 19.9 Å². The maximum Gasteiger partial charge on any atom is 0.328 e. The zero-order chi connectivity index (χ0) is 22.5. The van der Waals surface area contributed by atoms with Gasteiger partial charge in [0, 0.05) is 13.7 Å². The van der Waals surface area contributed by atoms with E-state index >= 15 is 0 Å². The second-order valence-electron chi connectivity index (χ2n) is 7.72. The summed E-state index contributed by atoms with van der Waals surface area (Å²) in [5, 5.41) is 0. The van der Waals surface area contributed by atoms with Gasteiger partial charge in [0.25, 0.3) is 0 Å². The van der Waals surface area contributed by atoms with Crippen LogP contribution >= 0.6 is 0 Å². The highest BCUT2D eigenvalue weighted by Gasteiger charge is 2.31. The number of nitrogens with one attached hydrogen (secondary N) is 1. The van der Waals surface area contributed by atoms with Crippen LogP contribution in [0.25, 0.3) is 11.2 Å². The number of imidazole rings is 1. The number of benzene rings is 1. The fourth-order valence-electron chi connectivity index (χ4n) is 3.95. The molecule has 0 spiro atoms. The number of aromatic nitrogens is 4. The molecular weight excluding hydrogens is 414 g/mol. The number of carbonyl (C=O) groups excluding carboxylic acids is 1. The summed E-state index contributed by atoms with van der Waals surface area (Å²) in [4.78, 5) is 37.8. The second-order valence-corrected chi connectivity index (χ2v) is 7.72. The van der Waals surface area contributed by atoms with Crippen LogP contribution in [0, 0.1) is 0 Å². The summed E-state index contributed by atoms with van der Waals surface area (Å²) in [5.74, 6) is -0.176. The van der Waals surface area contributed by atoms with Gasteiger partial charge in [-0.3, -0.25) is 14.3 Å². The first-order valence-corrected chi connectivity index (χ1v) is 10.6. The van der Waals surface area contributed by atoms with E-state index < -0.39 is 0 Å². The van der Waals surface area contributed by atoms with Crippen molar-refractivity contribution in [2.45, 2.75) is 32.0 Å². The highest BCUT2D eigenvalue weighted by molar-refractivity contribution is 5.76. The van der Waals surface area contributed by atoms with Crippen molar-refractivity contribution in [2.75, 3.05) is 34.0 Å². The van der Waals surface area contributed by atoms with Gasteiger partial charge in [0.2, 0.25) is 0 Å². The lowest BCUT2D eigenvalue weighted by atomic mass is 10.1. The largest absolute Gasteiger partial charge is 0.468 e. The highest BCUT2D eigenvalue weighted by atomic mass is 16.5. The maximum absolute atomic E-state index is 12.5. The normalized spacial score (nSPS) is 16.5. The number of aromatic amines is 1. The monoisotopic (exact) mass is 441 g/mol. The van der Waals surface area contributed by atoms with E-state index in [0.29, 0.717) is 37.5 Å². The van der Waals surface area contributed by atoms with Crippen molar-refractivity contribution in [1.29, 1.82) is 0 Å². The molecule has 0 unspecified atom stereocenters. The highest BCUT2D eigenvalue weighted by Crippen LogP contribution is 2.21. The Kier molecular flexibility index (Phi) is 6.81. The average Bonchev–Trinajstić information content (AvgIpc) is 3.39. The number of H-pyrrole nitrogens is 1. The summed E-state index contributed by atoms with van der Waals surface area (Å²) in [7, 11) is 3.02. The second kappa shape index (κ2) is 9.92. The van der Waals surface area contributed by atoms with Gasteiger partial charge < -0.3 is 19.2 Å². The van der Waals surface area contributed by atoms with Gasteiger partial charge in [-0.1, -0.05) is 24.3 Å². The van der Waals surface area contributed by atoms with E-state index in [0.717, 1.165) is 30.5 Å². The first kappa shape index (κ1) is 22.0. The topological polar surface area (TPSA) is 112 Å². The van der Waals surface area contributed by atoms with E-state index in [1.807, 2.05) is 24.3 Å². The zero-order valence-electron chi connectivity index (χ0n) is 18.2. The van der Waals surface area contributed by atoms with Gasteiger partial charge in [-0.2, -0.15) is 4.98 Å². The Morgan fingerprint density at radius 1 is 1.16 bits per heavy atom. The molecule has 4 rings (SSSR count). The predicted octanol–water partition coefficient (Wildman–Crippen LogP) is 1.33. The number of nitrogens with zero attached hydrogens (tertiary/aromatic N) is 4. The molecule has 0 radical (unpaired) electrons. The van der Waals surface area contributed by atoms with Crippen molar-refractivity contribution in [3.8, 4) is 6.01 Å². The van der Waals surface area contributed by atoms with Crippen LogP contribution in [-0.4, -0.2) is 70.4 Å². The Hall–Kier alpha value is -3.24. The summed E-state index contributed by atoms with van der Waals surface area (Å²) in [6.45, 7) is 2.67. The van der Waals surface area contributed by atoms with Crippen LogP contribution < -0.4 is 10.4 Å². The van der Waals surface area contributed by atoms with Crippen molar-refractivity contribution in [3.05, 3.63) is 52.1 Å². The minimum absolute atomic E-state index is 0.176. The van der Waals surface area contributed by atoms with Crippen molar-refractivity contribution in [2.24, 2.45) is 0 Å². The Morgan fingerprint density at radius 3 is 2.62 bits per heavy atom. The predicted molar refractivity (Wildman–Crippen MR) is 117 cm³/mol. The van der Waals surface area contributed by atoms with E-state index in [4.69, 9.17) is 14.2 Å². The summed E-state index contributed by atoms with van der Waals surface area (Å²) < 4.78 is 16.9. The minimum atomic E-state index is -0.259. The zero-order valence-corrected chi connectivity index (χ0v) is 18.2. The minimum Gasteiger partial charge on any atom is -0.468 e. The van der Waals surface area contributed by atoms with Crippen molar-refractivity contribution in [3.63, 3.8) is 0 Å². The number of likely N-dealkylation sites (tertiary alicyclic amines) is 1. The molecule has 0 saturated carbocycles. The first-order chi connectivity index (χ1) is 15.6. The van der Waals surface area contributed by atoms with Crippen LogP contribution in [0.2, 0.25) is 0 Å². The molecule has 10 heteroatoms. The molecule has 3 aromatic rings. The number of carbonyl (C=O) groups is 1. The van der Waals surface area contributed by atoms with E-state index in [-0.39, 0.29) is 23.7 Å². The molecule has 1 aliphatic rings. The molecule has 2 aromatic heterocycles. The third kappa shape index (κ3) is 4.81. The van der Waals surface area contributed by atoms with Crippen LogP contribution in [0.15, 0.2) is 35.3 Å². The van der Waals surface area contributed by atoms with Gasteiger partial charge in [0.05, 0.1) is 26.5 Å². The number of methoxy groups -OCH3 is 2. The summed E-state index contributed by atoms with van der Waals surface area (Å²) in [5.41, 5.74) is 2.84. The molecule has 0 amide bonds. The lowest BCUT2D eigenvalue weighted by Crippen LogP contribution is -2.36. The van der Waals surface area contributed by atoms with Gasteiger partial charge in [0.15, 0.2) is 5.65 Å². The van der Waals surface area contributed by atoms with Crippen molar-refractivity contribution in [1.82, 2.24) is 24.4 Å². The van der Waals surface area contributed by atoms with Crippen LogP contribution in [0.1, 0.15) is 24.0 Å². The molecule has 32 heavy (non-hydrogen) atoms. The SMILES string of the molecule is COCCOc1ncc2[nH]c(=O)n(Cc3ccc(CN4CCC[C@H]4C(=O)OC)cc3)c2n1. The molecule has 1 aromatic carbocycles. The van der Waals surface area contributed by atoms with Gasteiger partial charge in [-0.05, 0) is 30.5 Å². The number of hydrogen-bond acceptors (Lipinski definition) is 8. The van der Waals surface area contributed by atoms with Crippen LogP contribution in [0.5, 0.6) is 6.01 Å². The number of esters is 1. The van der Waals surface area contributed by atoms with Crippen molar-refractivity contribution < 1.29 is 19.0 Å². The Bertz CT molecular complexity index is 1120. The molecule has 170 valence electrons. The molecule has 1 fully saturated rings. The number of rotatable bonds is 9. The van der Waals surface area contributed by atoms with Crippen LogP contribution in [-0.2, 0) is 27.4 Å². The third-order valence-electron chi connectivity index (χ3n) is 5.59. The van der Waals surface area contributed by atoms with E-state index in [9.17, 15) is 9.59 Å². The number of ether oxygens (including phenoxy) is 3. The van der Waals surface area contributed by atoms with Gasteiger partial charge in [0.1, 0.15) is 18.2 Å². The molecule has 0 aliphatic carbocycles. The first-order valence-electron chi connectivity index (χ1n) is 10.6. The Balaban J connectivity index is 1.47. The quantitative estimate of drug-likeness (QED) is 0.391. The molecule has 1 N–H and O–H groups in total. The number of fused-ring (bicyclic) bond motifs is 1. The third-order valence-corrected chi connectivity index (χ3v) is 5.59. The van der Waals surface area contributed by atoms with E-state index in [1.165, 1.54) is 7.11 Å². The Labute approximate surface area is 185 Å². The molecule has 3 heterocycles. The summed E-state index contributed by atoms with van der Waals surface area (Å²) >= 11 is 0. The molecule has 1 aliphatic heterocycles.